The van der Waals surface area contributed by atoms with Crippen molar-refractivity contribution in [2.75, 3.05) is 20.6 Å². The molecule has 0 amide bonds. The second kappa shape index (κ2) is 9.15. The van der Waals surface area contributed by atoms with Gasteiger partial charge in [0.2, 0.25) is 10.0 Å². The molecule has 0 atom stereocenters. The summed E-state index contributed by atoms with van der Waals surface area (Å²) in [6, 6.07) is 4.71. The minimum Gasteiger partial charge on any atom is -0.384 e. The maximum absolute atomic E-state index is 14.1. The predicted molar refractivity (Wildman–Crippen MR) is 116 cm³/mol. The van der Waals surface area contributed by atoms with Gasteiger partial charge >= 0.3 is 0 Å². The Hall–Kier alpha value is -1.78. The Balaban J connectivity index is 2.50. The van der Waals surface area contributed by atoms with Gasteiger partial charge in [0.05, 0.1) is 23.0 Å². The summed E-state index contributed by atoms with van der Waals surface area (Å²) in [4.78, 5) is 0.0158. The first kappa shape index (κ1) is 24.5. The second-order valence-corrected chi connectivity index (χ2v) is 10.3. The number of nitrogens with zero attached hydrogens (tertiary/aromatic N) is 3. The molecular formula is C20H28ClFN4O3S. The van der Waals surface area contributed by atoms with E-state index in [1.807, 2.05) is 0 Å². The average molecular weight is 459 g/mol. The summed E-state index contributed by atoms with van der Waals surface area (Å²) in [5.41, 5.74) is 6.66. The Morgan fingerprint density at radius 1 is 1.40 bits per heavy atom. The van der Waals surface area contributed by atoms with Crippen LogP contribution in [0.1, 0.15) is 36.4 Å². The summed E-state index contributed by atoms with van der Waals surface area (Å²) in [6.45, 7) is 4.91. The fourth-order valence-electron chi connectivity index (χ4n) is 3.23. The highest BCUT2D eigenvalue weighted by Gasteiger charge is 2.29. The molecule has 0 aliphatic rings. The van der Waals surface area contributed by atoms with Crippen molar-refractivity contribution in [2.24, 2.45) is 5.73 Å². The monoisotopic (exact) mass is 458 g/mol. The van der Waals surface area contributed by atoms with E-state index >= 15 is 0 Å². The van der Waals surface area contributed by atoms with Crippen LogP contribution in [0.3, 0.4) is 0 Å². The number of aliphatic hydroxyl groups is 1. The first-order valence-corrected chi connectivity index (χ1v) is 11.2. The lowest BCUT2D eigenvalue weighted by Gasteiger charge is -2.21. The Labute approximate surface area is 182 Å². The molecule has 0 saturated heterocycles. The maximum Gasteiger partial charge on any atom is 0.244 e. The van der Waals surface area contributed by atoms with Crippen molar-refractivity contribution in [2.45, 2.75) is 44.2 Å². The van der Waals surface area contributed by atoms with Gasteiger partial charge in [0.25, 0.3) is 0 Å². The van der Waals surface area contributed by atoms with E-state index in [0.29, 0.717) is 17.8 Å². The van der Waals surface area contributed by atoms with Crippen molar-refractivity contribution >= 4 is 21.6 Å². The first-order valence-electron chi connectivity index (χ1n) is 9.33. The smallest absolute Gasteiger partial charge is 0.244 e. The fraction of sp³-hybridized carbons (Fsp3) is 0.450. The van der Waals surface area contributed by atoms with Gasteiger partial charge in [0, 0.05) is 32.6 Å². The predicted octanol–water partition coefficient (Wildman–Crippen LogP) is 2.73. The summed E-state index contributed by atoms with van der Waals surface area (Å²) in [5.74, 6) is -0.446. The fourth-order valence-corrected chi connectivity index (χ4v) is 4.66. The van der Waals surface area contributed by atoms with Gasteiger partial charge < -0.3 is 10.8 Å². The lowest BCUT2D eigenvalue weighted by atomic mass is 9.95. The van der Waals surface area contributed by atoms with Crippen molar-refractivity contribution in [1.82, 2.24) is 14.1 Å². The largest absolute Gasteiger partial charge is 0.384 e. The molecule has 0 aliphatic heterocycles. The molecule has 0 saturated carbocycles. The molecule has 10 heteroatoms. The van der Waals surface area contributed by atoms with Crippen LogP contribution in [-0.4, -0.2) is 48.3 Å². The highest BCUT2D eigenvalue weighted by Crippen LogP contribution is 2.31. The Morgan fingerprint density at radius 2 is 2.03 bits per heavy atom. The molecule has 30 heavy (non-hydrogen) atoms. The van der Waals surface area contributed by atoms with E-state index in [1.54, 1.807) is 32.9 Å². The van der Waals surface area contributed by atoms with Gasteiger partial charge in [-0.1, -0.05) is 17.7 Å². The molecular weight excluding hydrogens is 431 g/mol. The Kier molecular flexibility index (Phi) is 7.47. The van der Waals surface area contributed by atoms with Gasteiger partial charge in [-0.15, -0.1) is 0 Å². The zero-order valence-electron chi connectivity index (χ0n) is 17.8. The summed E-state index contributed by atoms with van der Waals surface area (Å²) >= 11 is 6.26. The number of hydrogen-bond acceptors (Lipinski definition) is 5. The van der Waals surface area contributed by atoms with Crippen LogP contribution in [0.25, 0.3) is 0 Å². The lowest BCUT2D eigenvalue weighted by Crippen LogP contribution is -2.24. The van der Waals surface area contributed by atoms with Gasteiger partial charge in [-0.3, -0.25) is 4.68 Å². The van der Waals surface area contributed by atoms with E-state index in [2.05, 4.69) is 5.10 Å². The van der Waals surface area contributed by atoms with E-state index in [0.717, 1.165) is 15.4 Å². The molecule has 2 rings (SSSR count). The molecule has 2 aromatic rings. The topological polar surface area (TPSA) is 101 Å². The van der Waals surface area contributed by atoms with Gasteiger partial charge in [-0.25, -0.2) is 17.1 Å². The van der Waals surface area contributed by atoms with Crippen molar-refractivity contribution < 1.29 is 17.9 Å². The number of rotatable bonds is 8. The summed E-state index contributed by atoms with van der Waals surface area (Å²) in [5, 5.41) is 15.2. The number of allylic oxidation sites excluding steroid dienone is 1. The molecule has 0 aliphatic carbocycles. The quantitative estimate of drug-likeness (QED) is 0.633. The van der Waals surface area contributed by atoms with Gasteiger partial charge in [0.1, 0.15) is 16.3 Å². The number of aryl methyl sites for hydroxylation is 1. The number of hydrogen-bond donors (Lipinski definition) is 2. The number of aromatic nitrogens is 2. The molecule has 0 fully saturated rings. The van der Waals surface area contributed by atoms with Gasteiger partial charge in [0.15, 0.2) is 0 Å². The van der Waals surface area contributed by atoms with Crippen LogP contribution in [0, 0.1) is 6.92 Å². The second-order valence-electron chi connectivity index (χ2n) is 7.74. The molecule has 0 bridgehead atoms. The van der Waals surface area contributed by atoms with Crippen LogP contribution in [0.15, 0.2) is 35.0 Å². The van der Waals surface area contributed by atoms with Crippen LogP contribution in [0.2, 0.25) is 5.02 Å². The molecule has 0 spiro atoms. The van der Waals surface area contributed by atoms with Crippen LogP contribution in [-0.2, 0) is 28.6 Å². The number of halogens is 2. The maximum atomic E-state index is 14.1. The SMILES string of the molecule is Cc1nn(CC(F)=CCN)c(C(C)(C)O)c1Cc1ccc(S(=O)(=O)N(C)C)c(Cl)c1. The minimum atomic E-state index is -3.66. The highest BCUT2D eigenvalue weighted by molar-refractivity contribution is 7.89. The van der Waals surface area contributed by atoms with Gasteiger partial charge in [-0.05, 0) is 44.5 Å². The molecule has 1 aromatic carbocycles. The molecule has 1 heterocycles. The van der Waals surface area contributed by atoms with E-state index in [9.17, 15) is 17.9 Å². The van der Waals surface area contributed by atoms with Crippen molar-refractivity contribution in [1.29, 1.82) is 0 Å². The summed E-state index contributed by atoms with van der Waals surface area (Å²) < 4.78 is 41.3. The third kappa shape index (κ3) is 5.28. The van der Waals surface area contributed by atoms with E-state index in [4.69, 9.17) is 17.3 Å². The summed E-state index contributed by atoms with van der Waals surface area (Å²) in [6.07, 6.45) is 1.60. The number of benzene rings is 1. The Morgan fingerprint density at radius 3 is 2.53 bits per heavy atom. The summed E-state index contributed by atoms with van der Waals surface area (Å²) in [7, 11) is -0.793. The van der Waals surface area contributed by atoms with Crippen LogP contribution in [0.5, 0.6) is 0 Å². The molecule has 3 N–H and O–H groups in total. The van der Waals surface area contributed by atoms with Crippen LogP contribution < -0.4 is 5.73 Å². The van der Waals surface area contributed by atoms with Crippen molar-refractivity contribution in [3.63, 3.8) is 0 Å². The third-order valence-corrected chi connectivity index (χ3v) is 6.90. The Bertz CT molecular complexity index is 1060. The van der Waals surface area contributed by atoms with Crippen LogP contribution in [0.4, 0.5) is 4.39 Å². The third-order valence-electron chi connectivity index (χ3n) is 4.61. The molecule has 7 nitrogen and oxygen atoms in total. The zero-order chi connectivity index (χ0) is 22.9. The number of nitrogens with two attached hydrogens (primary N) is 1. The minimum absolute atomic E-state index is 0.0158. The molecule has 166 valence electrons. The molecule has 0 unspecified atom stereocenters. The molecule has 0 radical (unpaired) electrons. The van der Waals surface area contributed by atoms with Crippen molar-refractivity contribution in [3.8, 4) is 0 Å². The van der Waals surface area contributed by atoms with E-state index < -0.39 is 21.5 Å². The standard InChI is InChI=1S/C20H28ClFN4O3S/c1-13-16(19(20(2,3)27)26(24-13)12-15(22)8-9-23)10-14-6-7-18(17(21)11-14)30(28,29)25(4)5/h6-8,11,27H,9-10,12,23H2,1-5H3. The normalized spacial score (nSPS) is 13.3. The first-order chi connectivity index (χ1) is 13.8. The zero-order valence-corrected chi connectivity index (χ0v) is 19.4. The average Bonchev–Trinajstić information content (AvgIpc) is 2.89. The number of sulfonamides is 1. The van der Waals surface area contributed by atoms with Crippen LogP contribution >= 0.6 is 11.6 Å². The van der Waals surface area contributed by atoms with E-state index in [-0.39, 0.29) is 23.0 Å². The lowest BCUT2D eigenvalue weighted by molar-refractivity contribution is 0.0676. The highest BCUT2D eigenvalue weighted by atomic mass is 35.5. The van der Waals surface area contributed by atoms with Crippen molar-refractivity contribution in [3.05, 3.63) is 57.6 Å². The molecule has 1 aromatic heterocycles. The van der Waals surface area contributed by atoms with Gasteiger partial charge in [-0.2, -0.15) is 5.10 Å². The van der Waals surface area contributed by atoms with E-state index in [1.165, 1.54) is 30.9 Å².